The van der Waals surface area contributed by atoms with E-state index >= 15 is 0 Å². The van der Waals surface area contributed by atoms with Crippen molar-refractivity contribution in [3.8, 4) is 0 Å². The molecule has 0 aromatic heterocycles. The van der Waals surface area contributed by atoms with E-state index in [-0.39, 0.29) is 5.91 Å². The number of hydrogen-bond donors (Lipinski definition) is 1. The van der Waals surface area contributed by atoms with Gasteiger partial charge in [-0.15, -0.1) is 0 Å². The average Bonchev–Trinajstić information content (AvgIpc) is 2.78. The van der Waals surface area contributed by atoms with E-state index < -0.39 is 0 Å². The van der Waals surface area contributed by atoms with Crippen LogP contribution in [0.5, 0.6) is 0 Å². The largest absolute Gasteiger partial charge is 0.359 e. The zero-order valence-corrected chi connectivity index (χ0v) is 18.9. The summed E-state index contributed by atoms with van der Waals surface area (Å²) in [5, 5.41) is 3.48. The predicted octanol–water partition coefficient (Wildman–Crippen LogP) is 4.38. The number of rotatable bonds is 6. The van der Waals surface area contributed by atoms with Crippen molar-refractivity contribution in [1.82, 2.24) is 15.1 Å². The number of nitrogens with zero attached hydrogens (tertiary/aromatic N) is 2. The number of halogens is 1. The van der Waals surface area contributed by atoms with E-state index in [1.165, 1.54) is 26.5 Å². The molecule has 158 valence electrons. The smallest absolute Gasteiger partial charge is 0.221 e. The lowest BCUT2D eigenvalue weighted by Crippen LogP contribution is -2.47. The van der Waals surface area contributed by atoms with Gasteiger partial charge >= 0.3 is 0 Å². The highest BCUT2D eigenvalue weighted by Crippen LogP contribution is 2.46. The summed E-state index contributed by atoms with van der Waals surface area (Å²) >= 11 is 8.14. The summed E-state index contributed by atoms with van der Waals surface area (Å²) in [7, 11) is 1.70. The Kier molecular flexibility index (Phi) is 7.16. The Balaban J connectivity index is 1.38. The van der Waals surface area contributed by atoms with Crippen LogP contribution < -0.4 is 5.32 Å². The van der Waals surface area contributed by atoms with E-state index in [9.17, 15) is 4.79 Å². The highest BCUT2D eigenvalue weighted by atomic mass is 35.5. The van der Waals surface area contributed by atoms with Gasteiger partial charge in [0.15, 0.2) is 0 Å². The van der Waals surface area contributed by atoms with Gasteiger partial charge in [0.1, 0.15) is 0 Å². The van der Waals surface area contributed by atoms with Crippen LogP contribution in [0.2, 0.25) is 5.02 Å². The highest BCUT2D eigenvalue weighted by molar-refractivity contribution is 7.99. The predicted molar refractivity (Wildman–Crippen MR) is 125 cm³/mol. The first-order valence-corrected chi connectivity index (χ1v) is 11.8. The number of piperazine rings is 1. The molecule has 1 saturated heterocycles. The molecule has 2 heterocycles. The first kappa shape index (κ1) is 21.4. The van der Waals surface area contributed by atoms with E-state index in [2.05, 4.69) is 57.6 Å². The normalized spacial score (nSPS) is 18.1. The maximum atomic E-state index is 11.4. The Labute approximate surface area is 188 Å². The standard InChI is InChI=1S/C24H28ClN3OS/c1-26-24(29)10-12-28-15-13-27(14-16-28)11-4-6-19-20-5-2-3-7-22(20)30-23-9-8-18(25)17-21(19)23/h2-3,5-9,17H,4,10-16H2,1H3,(H,26,29)/b19-6-. The van der Waals surface area contributed by atoms with Crippen LogP contribution in [-0.2, 0) is 4.79 Å². The van der Waals surface area contributed by atoms with Crippen LogP contribution in [0.1, 0.15) is 24.0 Å². The number of carbonyl (C=O) groups is 1. The van der Waals surface area contributed by atoms with E-state index in [4.69, 9.17) is 11.6 Å². The van der Waals surface area contributed by atoms with Gasteiger partial charge < -0.3 is 15.1 Å². The molecule has 30 heavy (non-hydrogen) atoms. The molecule has 1 amide bonds. The number of hydrogen-bond acceptors (Lipinski definition) is 4. The monoisotopic (exact) mass is 441 g/mol. The second kappa shape index (κ2) is 10.0. The molecule has 0 atom stereocenters. The van der Waals surface area contributed by atoms with E-state index in [1.54, 1.807) is 7.05 Å². The van der Waals surface area contributed by atoms with Gasteiger partial charge in [-0.2, -0.15) is 0 Å². The summed E-state index contributed by atoms with van der Waals surface area (Å²) in [4.78, 5) is 18.9. The Bertz CT molecular complexity index is 938. The molecule has 0 spiro atoms. The van der Waals surface area contributed by atoms with Crippen LogP contribution in [0.3, 0.4) is 0 Å². The van der Waals surface area contributed by atoms with Crippen molar-refractivity contribution in [1.29, 1.82) is 0 Å². The van der Waals surface area contributed by atoms with E-state index in [0.29, 0.717) is 6.42 Å². The maximum absolute atomic E-state index is 11.4. The molecule has 4 rings (SSSR count). The first-order chi connectivity index (χ1) is 14.6. The third-order valence-electron chi connectivity index (χ3n) is 5.82. The van der Waals surface area contributed by atoms with E-state index in [1.807, 2.05) is 17.8 Å². The number of benzene rings is 2. The quantitative estimate of drug-likeness (QED) is 0.615. The molecule has 4 nitrogen and oxygen atoms in total. The minimum atomic E-state index is 0.121. The fourth-order valence-electron chi connectivity index (χ4n) is 4.08. The Hall–Kier alpha value is -1.79. The molecule has 2 aliphatic heterocycles. The van der Waals surface area contributed by atoms with Gasteiger partial charge in [-0.05, 0) is 47.4 Å². The van der Waals surface area contributed by atoms with Crippen LogP contribution in [0.15, 0.2) is 58.3 Å². The molecule has 1 N–H and O–H groups in total. The topological polar surface area (TPSA) is 35.6 Å². The van der Waals surface area contributed by atoms with Crippen LogP contribution in [0.25, 0.3) is 5.57 Å². The van der Waals surface area contributed by atoms with Gasteiger partial charge in [-0.1, -0.05) is 47.6 Å². The molecule has 0 saturated carbocycles. The lowest BCUT2D eigenvalue weighted by molar-refractivity contribution is -0.121. The summed E-state index contributed by atoms with van der Waals surface area (Å²) in [6.45, 7) is 6.09. The van der Waals surface area contributed by atoms with Gasteiger partial charge in [-0.3, -0.25) is 4.79 Å². The van der Waals surface area contributed by atoms with Gasteiger partial charge in [0.25, 0.3) is 0 Å². The molecular formula is C24H28ClN3OS. The Morgan fingerprint density at radius 2 is 1.73 bits per heavy atom. The third-order valence-corrected chi connectivity index (χ3v) is 7.21. The summed E-state index contributed by atoms with van der Waals surface area (Å²) < 4.78 is 0. The molecule has 2 aromatic carbocycles. The Morgan fingerprint density at radius 3 is 2.50 bits per heavy atom. The van der Waals surface area contributed by atoms with Gasteiger partial charge in [0.2, 0.25) is 5.91 Å². The zero-order chi connectivity index (χ0) is 20.9. The summed E-state index contributed by atoms with van der Waals surface area (Å²) in [5.74, 6) is 0.121. The van der Waals surface area contributed by atoms with Gasteiger partial charge in [0, 0.05) is 67.6 Å². The fraction of sp³-hybridized carbons (Fsp3) is 0.375. The molecular weight excluding hydrogens is 414 g/mol. The summed E-state index contributed by atoms with van der Waals surface area (Å²) in [5.41, 5.74) is 3.84. The third kappa shape index (κ3) is 5.09. The van der Waals surface area contributed by atoms with E-state index in [0.717, 1.165) is 50.7 Å². The second-order valence-electron chi connectivity index (χ2n) is 7.75. The second-order valence-corrected chi connectivity index (χ2v) is 9.27. The Morgan fingerprint density at radius 1 is 1.03 bits per heavy atom. The molecule has 2 aromatic rings. The highest BCUT2D eigenvalue weighted by Gasteiger charge is 2.21. The molecule has 0 bridgehead atoms. The van der Waals surface area contributed by atoms with Gasteiger partial charge in [-0.25, -0.2) is 0 Å². The lowest BCUT2D eigenvalue weighted by Gasteiger charge is -2.34. The molecule has 0 unspecified atom stereocenters. The van der Waals surface area contributed by atoms with Crippen molar-refractivity contribution >= 4 is 34.8 Å². The number of amides is 1. The molecule has 2 aliphatic rings. The number of fused-ring (bicyclic) bond motifs is 2. The van der Waals surface area contributed by atoms with Crippen molar-refractivity contribution in [3.63, 3.8) is 0 Å². The van der Waals surface area contributed by atoms with Gasteiger partial charge in [0.05, 0.1) is 0 Å². The van der Waals surface area contributed by atoms with Crippen LogP contribution in [0, 0.1) is 0 Å². The van der Waals surface area contributed by atoms with Crippen molar-refractivity contribution in [2.24, 2.45) is 0 Å². The minimum Gasteiger partial charge on any atom is -0.359 e. The van der Waals surface area contributed by atoms with Crippen LogP contribution in [0.4, 0.5) is 0 Å². The van der Waals surface area contributed by atoms with Crippen molar-refractivity contribution < 1.29 is 4.79 Å². The summed E-state index contributed by atoms with van der Waals surface area (Å²) in [6, 6.07) is 14.8. The fourth-order valence-corrected chi connectivity index (χ4v) is 5.33. The zero-order valence-electron chi connectivity index (χ0n) is 17.4. The summed E-state index contributed by atoms with van der Waals surface area (Å²) in [6.07, 6.45) is 3.98. The lowest BCUT2D eigenvalue weighted by atomic mass is 9.96. The van der Waals surface area contributed by atoms with Crippen molar-refractivity contribution in [2.75, 3.05) is 46.3 Å². The maximum Gasteiger partial charge on any atom is 0.221 e. The molecule has 6 heteroatoms. The molecule has 0 aliphatic carbocycles. The SMILES string of the molecule is CNC(=O)CCN1CCN(CC/C=C2/c3ccccc3Sc3ccc(Cl)cc32)CC1. The minimum absolute atomic E-state index is 0.121. The van der Waals surface area contributed by atoms with Crippen LogP contribution >= 0.6 is 23.4 Å². The number of carbonyl (C=O) groups excluding carboxylic acids is 1. The molecule has 1 fully saturated rings. The van der Waals surface area contributed by atoms with Crippen molar-refractivity contribution in [2.45, 2.75) is 22.6 Å². The van der Waals surface area contributed by atoms with Crippen LogP contribution in [-0.4, -0.2) is 62.0 Å². The average molecular weight is 442 g/mol. The first-order valence-electron chi connectivity index (χ1n) is 10.6. The number of nitrogens with one attached hydrogen (secondary N) is 1. The van der Waals surface area contributed by atoms with Crippen molar-refractivity contribution in [3.05, 3.63) is 64.7 Å². The molecule has 0 radical (unpaired) electrons.